The van der Waals surface area contributed by atoms with E-state index in [1.165, 1.54) is 24.0 Å². The number of carboxylic acids is 1. The molecule has 0 radical (unpaired) electrons. The number of hydrogen-bond acceptors (Lipinski definition) is 4. The van der Waals surface area contributed by atoms with Crippen molar-refractivity contribution in [1.29, 1.82) is 0 Å². The van der Waals surface area contributed by atoms with Gasteiger partial charge in [0.15, 0.2) is 0 Å². The molecule has 1 atom stereocenters. The summed E-state index contributed by atoms with van der Waals surface area (Å²) >= 11 is 0. The first-order valence-corrected chi connectivity index (χ1v) is 5.97. The fourth-order valence-corrected chi connectivity index (χ4v) is 1.70. The number of amides is 1. The first-order chi connectivity index (χ1) is 9.38. The van der Waals surface area contributed by atoms with Crippen molar-refractivity contribution in [3.8, 4) is 0 Å². The number of aliphatic carboxylic acids is 1. The van der Waals surface area contributed by atoms with Gasteiger partial charge in [-0.25, -0.2) is 4.79 Å². The van der Waals surface area contributed by atoms with Crippen LogP contribution in [-0.2, 0) is 11.8 Å². The minimum absolute atomic E-state index is 0.289. The molecule has 20 heavy (non-hydrogen) atoms. The molecule has 0 fully saturated rings. The summed E-state index contributed by atoms with van der Waals surface area (Å²) < 4.78 is 2.78. The van der Waals surface area contributed by atoms with Gasteiger partial charge in [0.1, 0.15) is 11.9 Å². The zero-order valence-electron chi connectivity index (χ0n) is 11.4. The number of nitrogens with one attached hydrogen (secondary N) is 1. The normalized spacial score (nSPS) is 12.2. The molecule has 2 rings (SSSR count). The van der Waals surface area contributed by atoms with Gasteiger partial charge in [-0.1, -0.05) is 0 Å². The molecule has 0 aliphatic rings. The molecule has 106 valence electrons. The summed E-state index contributed by atoms with van der Waals surface area (Å²) in [5.41, 5.74) is 1.08. The summed E-state index contributed by atoms with van der Waals surface area (Å²) in [6.07, 6.45) is 2.73. The smallest absolute Gasteiger partial charge is 0.328 e. The summed E-state index contributed by atoms with van der Waals surface area (Å²) in [4.78, 5) is 22.9. The highest BCUT2D eigenvalue weighted by molar-refractivity contribution is 6.03. The fourth-order valence-electron chi connectivity index (χ4n) is 1.70. The summed E-state index contributed by atoms with van der Waals surface area (Å²) in [7, 11) is 1.72. The second kappa shape index (κ2) is 5.16. The number of hydrogen-bond donors (Lipinski definition) is 2. The lowest BCUT2D eigenvalue weighted by Gasteiger charge is -2.05. The van der Waals surface area contributed by atoms with Gasteiger partial charge >= 0.3 is 5.97 Å². The lowest BCUT2D eigenvalue weighted by molar-refractivity contribution is -0.140. The predicted molar refractivity (Wildman–Crippen MR) is 70.5 cm³/mol. The SMILES string of the molecule is Cc1cc(NC(=O)c2cnn(C(C)C(=O)O)c2)n(C)n1. The van der Waals surface area contributed by atoms with Crippen LogP contribution in [0.4, 0.5) is 5.82 Å². The maximum atomic E-state index is 12.0. The molecule has 0 saturated heterocycles. The Bertz CT molecular complexity index is 658. The highest BCUT2D eigenvalue weighted by Gasteiger charge is 2.17. The van der Waals surface area contributed by atoms with Gasteiger partial charge in [0.25, 0.3) is 5.91 Å². The van der Waals surface area contributed by atoms with E-state index in [0.717, 1.165) is 5.69 Å². The van der Waals surface area contributed by atoms with Crippen LogP contribution in [0.2, 0.25) is 0 Å². The first kappa shape index (κ1) is 13.8. The predicted octanol–water partition coefficient (Wildman–Crippen LogP) is 0.823. The van der Waals surface area contributed by atoms with Crippen LogP contribution in [0.15, 0.2) is 18.5 Å². The van der Waals surface area contributed by atoms with Crippen molar-refractivity contribution in [2.75, 3.05) is 5.32 Å². The minimum Gasteiger partial charge on any atom is -0.480 e. The molecule has 0 saturated carbocycles. The largest absolute Gasteiger partial charge is 0.480 e. The third kappa shape index (κ3) is 2.68. The number of carboxylic acid groups (broad SMARTS) is 1. The first-order valence-electron chi connectivity index (χ1n) is 5.97. The molecule has 1 unspecified atom stereocenters. The monoisotopic (exact) mass is 277 g/mol. The molecule has 0 aliphatic heterocycles. The second-order valence-corrected chi connectivity index (χ2v) is 4.47. The quantitative estimate of drug-likeness (QED) is 0.861. The van der Waals surface area contributed by atoms with Crippen LogP contribution in [0, 0.1) is 6.92 Å². The van der Waals surface area contributed by atoms with Crippen LogP contribution in [0.25, 0.3) is 0 Å². The summed E-state index contributed by atoms with van der Waals surface area (Å²) in [5, 5.41) is 19.6. The molecule has 1 amide bonds. The third-order valence-corrected chi connectivity index (χ3v) is 2.86. The van der Waals surface area contributed by atoms with Crippen molar-refractivity contribution >= 4 is 17.7 Å². The fraction of sp³-hybridized carbons (Fsp3) is 0.333. The van der Waals surface area contributed by atoms with E-state index < -0.39 is 12.0 Å². The Hall–Kier alpha value is -2.64. The Morgan fingerprint density at radius 3 is 2.70 bits per heavy atom. The highest BCUT2D eigenvalue weighted by atomic mass is 16.4. The molecule has 0 spiro atoms. The van der Waals surface area contributed by atoms with Crippen molar-refractivity contribution in [3.05, 3.63) is 29.7 Å². The standard InChI is InChI=1S/C12H15N5O3/c1-7-4-10(16(3)15-7)14-11(18)9-5-13-17(6-9)8(2)12(19)20/h4-6,8H,1-3H3,(H,14,18)(H,19,20). The summed E-state index contributed by atoms with van der Waals surface area (Å²) in [6, 6.07) is 0.915. The Morgan fingerprint density at radius 1 is 1.45 bits per heavy atom. The average molecular weight is 277 g/mol. The van der Waals surface area contributed by atoms with Crippen LogP contribution >= 0.6 is 0 Å². The molecule has 2 heterocycles. The Morgan fingerprint density at radius 2 is 2.15 bits per heavy atom. The molecule has 2 aromatic heterocycles. The molecule has 8 nitrogen and oxygen atoms in total. The number of carbonyl (C=O) groups is 2. The number of carbonyl (C=O) groups excluding carboxylic acids is 1. The number of anilines is 1. The Kier molecular flexibility index (Phi) is 3.55. The van der Waals surface area contributed by atoms with Crippen molar-refractivity contribution in [3.63, 3.8) is 0 Å². The van der Waals surface area contributed by atoms with Crippen molar-refractivity contribution < 1.29 is 14.7 Å². The van der Waals surface area contributed by atoms with Crippen molar-refractivity contribution in [2.45, 2.75) is 19.9 Å². The van der Waals surface area contributed by atoms with E-state index in [9.17, 15) is 9.59 Å². The number of aryl methyl sites for hydroxylation is 2. The molecule has 8 heteroatoms. The van der Waals surface area contributed by atoms with E-state index in [4.69, 9.17) is 5.11 Å². The van der Waals surface area contributed by atoms with Gasteiger partial charge in [-0.05, 0) is 13.8 Å². The number of nitrogens with zero attached hydrogens (tertiary/aromatic N) is 4. The third-order valence-electron chi connectivity index (χ3n) is 2.86. The molecule has 0 aromatic carbocycles. The highest BCUT2D eigenvalue weighted by Crippen LogP contribution is 2.11. The second-order valence-electron chi connectivity index (χ2n) is 4.47. The lowest BCUT2D eigenvalue weighted by atomic mass is 10.3. The van der Waals surface area contributed by atoms with Crippen LogP contribution < -0.4 is 5.32 Å². The van der Waals surface area contributed by atoms with E-state index in [1.807, 2.05) is 6.92 Å². The average Bonchev–Trinajstić information content (AvgIpc) is 2.96. The van der Waals surface area contributed by atoms with Crippen molar-refractivity contribution in [2.24, 2.45) is 7.05 Å². The van der Waals surface area contributed by atoms with Gasteiger partial charge in [0, 0.05) is 19.3 Å². The van der Waals surface area contributed by atoms with E-state index in [0.29, 0.717) is 5.82 Å². The number of rotatable bonds is 4. The van der Waals surface area contributed by atoms with Crippen LogP contribution in [-0.4, -0.2) is 36.5 Å². The molecular formula is C12H15N5O3. The zero-order chi connectivity index (χ0) is 14.9. The maximum absolute atomic E-state index is 12.0. The molecule has 2 aromatic rings. The minimum atomic E-state index is -1.01. The van der Waals surface area contributed by atoms with E-state index in [2.05, 4.69) is 15.5 Å². The van der Waals surface area contributed by atoms with Crippen LogP contribution in [0.3, 0.4) is 0 Å². The molecule has 2 N–H and O–H groups in total. The summed E-state index contributed by atoms with van der Waals surface area (Å²) in [5.74, 6) is -0.814. The van der Waals surface area contributed by atoms with E-state index >= 15 is 0 Å². The lowest BCUT2D eigenvalue weighted by Crippen LogP contribution is -2.16. The van der Waals surface area contributed by atoms with Gasteiger partial charge in [0.05, 0.1) is 17.5 Å². The Balaban J connectivity index is 2.14. The van der Waals surface area contributed by atoms with Gasteiger partial charge in [-0.15, -0.1) is 0 Å². The number of aromatic nitrogens is 4. The van der Waals surface area contributed by atoms with Crippen LogP contribution in [0.5, 0.6) is 0 Å². The maximum Gasteiger partial charge on any atom is 0.328 e. The van der Waals surface area contributed by atoms with E-state index in [-0.39, 0.29) is 11.5 Å². The molecule has 0 bridgehead atoms. The van der Waals surface area contributed by atoms with Crippen LogP contribution in [0.1, 0.15) is 29.0 Å². The van der Waals surface area contributed by atoms with Gasteiger partial charge in [0.2, 0.25) is 0 Å². The van der Waals surface area contributed by atoms with Gasteiger partial charge in [-0.2, -0.15) is 10.2 Å². The molecule has 0 aliphatic carbocycles. The molecular weight excluding hydrogens is 262 g/mol. The Labute approximate surface area is 115 Å². The van der Waals surface area contributed by atoms with Gasteiger partial charge < -0.3 is 10.4 Å². The summed E-state index contributed by atoms with van der Waals surface area (Å²) in [6.45, 7) is 3.31. The van der Waals surface area contributed by atoms with E-state index in [1.54, 1.807) is 17.8 Å². The topological polar surface area (TPSA) is 102 Å². The van der Waals surface area contributed by atoms with Gasteiger partial charge in [-0.3, -0.25) is 14.2 Å². The van der Waals surface area contributed by atoms with Crippen molar-refractivity contribution in [1.82, 2.24) is 19.6 Å². The zero-order valence-corrected chi connectivity index (χ0v) is 11.4.